The largest absolute Gasteiger partial charge is 0.407 e. The molecular weight excluding hydrogens is 202 g/mol. The lowest BCUT2D eigenvalue weighted by Gasteiger charge is -2.29. The quantitative estimate of drug-likeness (QED) is 0.355. The van der Waals surface area contributed by atoms with Gasteiger partial charge in [-0.3, -0.25) is 4.79 Å². The molecule has 0 aliphatic heterocycles. The molecule has 0 unspecified atom stereocenters. The number of carbonyl (C=O) groups is 1. The fourth-order valence-electron chi connectivity index (χ4n) is 1.03. The topological polar surface area (TPSA) is 70.8 Å². The molecule has 6 heteroatoms. The minimum atomic E-state index is -1.24. The Morgan fingerprint density at radius 1 is 1.43 bits per heavy atom. The predicted octanol–water partition coefficient (Wildman–Crippen LogP) is -0.540. The number of ether oxygens (including phenoxy) is 3. The second-order valence-corrected chi connectivity index (χ2v) is 4.58. The van der Waals surface area contributed by atoms with Crippen LogP contribution in [0, 0.1) is 0 Å². The van der Waals surface area contributed by atoms with E-state index in [0.29, 0.717) is 6.42 Å². The second kappa shape index (κ2) is 6.94. The zero-order chi connectivity index (χ0) is 11.0. The normalized spacial score (nSPS) is 12.3. The highest BCUT2D eigenvalue weighted by atomic mass is 28.2. The molecule has 0 aliphatic carbocycles. The summed E-state index contributed by atoms with van der Waals surface area (Å²) in [4.78, 5) is 11.0. The van der Waals surface area contributed by atoms with Crippen LogP contribution in [0.3, 0.4) is 0 Å². The van der Waals surface area contributed by atoms with Crippen LogP contribution in [0.5, 0.6) is 0 Å². The zero-order valence-corrected chi connectivity index (χ0v) is 10.5. The van der Waals surface area contributed by atoms with Crippen LogP contribution in [0.2, 0.25) is 12.6 Å². The van der Waals surface area contributed by atoms with Crippen molar-refractivity contribution in [2.24, 2.45) is 5.73 Å². The van der Waals surface area contributed by atoms with Gasteiger partial charge in [-0.15, -0.1) is 0 Å². The minimum Gasteiger partial charge on any atom is -0.407 e. The van der Waals surface area contributed by atoms with Crippen molar-refractivity contribution in [3.8, 4) is 0 Å². The van der Waals surface area contributed by atoms with E-state index in [1.54, 1.807) is 0 Å². The average Bonchev–Trinajstić information content (AvgIpc) is 2.24. The lowest BCUT2D eigenvalue weighted by Crippen LogP contribution is -2.41. The molecule has 0 aromatic carbocycles. The molecule has 0 heterocycles. The van der Waals surface area contributed by atoms with E-state index in [-0.39, 0.29) is 16.1 Å². The van der Waals surface area contributed by atoms with Crippen molar-refractivity contribution in [2.75, 3.05) is 20.8 Å². The Morgan fingerprint density at radius 3 is 2.36 bits per heavy atom. The highest BCUT2D eigenvalue weighted by Gasteiger charge is 2.33. The molecule has 84 valence electrons. The van der Waals surface area contributed by atoms with Crippen LogP contribution in [0.15, 0.2) is 0 Å². The molecule has 0 spiro atoms. The van der Waals surface area contributed by atoms with Gasteiger partial charge in [0.25, 0.3) is 0 Å². The molecule has 0 aliphatic rings. The first-order chi connectivity index (χ1) is 6.64. The van der Waals surface area contributed by atoms with Crippen molar-refractivity contribution in [1.29, 1.82) is 0 Å². The van der Waals surface area contributed by atoms with Gasteiger partial charge in [0.05, 0.1) is 6.54 Å². The standard InChI is InChI=1S/C8H19NO4Si/c1-11-8(12-2,4-5-14-3)13-7(10)6-9/h4-6,9,14H2,1-3H3. The van der Waals surface area contributed by atoms with E-state index >= 15 is 0 Å². The summed E-state index contributed by atoms with van der Waals surface area (Å²) in [6.45, 7) is 2.00. The summed E-state index contributed by atoms with van der Waals surface area (Å²) in [7, 11) is 2.79. The highest BCUT2D eigenvalue weighted by Crippen LogP contribution is 2.20. The minimum absolute atomic E-state index is 0.107. The summed E-state index contributed by atoms with van der Waals surface area (Å²) in [5, 5.41) is 0. The molecule has 0 rings (SSSR count). The lowest BCUT2D eigenvalue weighted by molar-refractivity contribution is -0.344. The third-order valence-corrected chi connectivity index (χ3v) is 2.96. The summed E-state index contributed by atoms with van der Waals surface area (Å²) in [5.41, 5.74) is 5.14. The molecule has 2 N–H and O–H groups in total. The van der Waals surface area contributed by atoms with Gasteiger partial charge in [0, 0.05) is 30.2 Å². The Morgan fingerprint density at radius 2 is 2.00 bits per heavy atom. The van der Waals surface area contributed by atoms with Gasteiger partial charge in [-0.05, 0) is 0 Å². The van der Waals surface area contributed by atoms with E-state index in [0.717, 1.165) is 6.04 Å². The van der Waals surface area contributed by atoms with Crippen molar-refractivity contribution in [2.45, 2.75) is 25.0 Å². The molecule has 0 saturated carbocycles. The average molecular weight is 221 g/mol. The Balaban J connectivity index is 4.28. The summed E-state index contributed by atoms with van der Waals surface area (Å²) in [6, 6.07) is 0.986. The maximum absolute atomic E-state index is 11.0. The fraction of sp³-hybridized carbons (Fsp3) is 0.875. The Bertz CT molecular complexity index is 173. The SMILES string of the molecule is COC(CC[SiH2]C)(OC)OC(=O)CN. The van der Waals surface area contributed by atoms with Gasteiger partial charge in [-0.2, -0.15) is 0 Å². The maximum atomic E-state index is 11.0. The predicted molar refractivity (Wildman–Crippen MR) is 55.7 cm³/mol. The van der Waals surface area contributed by atoms with Crippen molar-refractivity contribution < 1.29 is 19.0 Å². The van der Waals surface area contributed by atoms with E-state index < -0.39 is 11.9 Å². The van der Waals surface area contributed by atoms with Crippen LogP contribution < -0.4 is 5.73 Å². The number of hydrogen-bond donors (Lipinski definition) is 1. The number of rotatable bonds is 7. The van der Waals surface area contributed by atoms with Gasteiger partial charge in [-0.1, -0.05) is 12.6 Å². The third-order valence-electron chi connectivity index (χ3n) is 1.89. The number of nitrogens with two attached hydrogens (primary N) is 1. The van der Waals surface area contributed by atoms with E-state index in [1.165, 1.54) is 14.2 Å². The molecule has 0 radical (unpaired) electrons. The molecule has 14 heavy (non-hydrogen) atoms. The summed E-state index contributed by atoms with van der Waals surface area (Å²) >= 11 is 0. The van der Waals surface area contributed by atoms with Crippen molar-refractivity contribution in [3.05, 3.63) is 0 Å². The summed E-state index contributed by atoms with van der Waals surface area (Å²) in [6.07, 6.45) is 0.564. The number of esters is 1. The van der Waals surface area contributed by atoms with E-state index in [2.05, 4.69) is 6.55 Å². The molecule has 0 atom stereocenters. The number of carbonyl (C=O) groups excluding carboxylic acids is 1. The molecule has 0 saturated heterocycles. The van der Waals surface area contributed by atoms with Gasteiger partial charge in [-0.25, -0.2) is 0 Å². The van der Waals surface area contributed by atoms with Gasteiger partial charge < -0.3 is 19.9 Å². The maximum Gasteiger partial charge on any atom is 0.328 e. The Labute approximate surface area is 86.7 Å². The first kappa shape index (κ1) is 13.6. The van der Waals surface area contributed by atoms with Crippen molar-refractivity contribution in [1.82, 2.24) is 0 Å². The summed E-state index contributed by atoms with van der Waals surface area (Å²) in [5.74, 6) is -1.76. The zero-order valence-electron chi connectivity index (χ0n) is 9.04. The van der Waals surface area contributed by atoms with Crippen LogP contribution in [0.25, 0.3) is 0 Å². The van der Waals surface area contributed by atoms with E-state index in [1.807, 2.05) is 0 Å². The van der Waals surface area contributed by atoms with Crippen LogP contribution in [-0.4, -0.2) is 42.2 Å². The molecule has 0 aromatic heterocycles. The first-order valence-electron chi connectivity index (χ1n) is 4.66. The monoisotopic (exact) mass is 221 g/mol. The number of hydrogen-bond acceptors (Lipinski definition) is 5. The van der Waals surface area contributed by atoms with Crippen LogP contribution in [0.1, 0.15) is 6.42 Å². The molecule has 0 aromatic rings. The van der Waals surface area contributed by atoms with Crippen LogP contribution in [-0.2, 0) is 19.0 Å². The van der Waals surface area contributed by atoms with E-state index in [9.17, 15) is 4.79 Å². The van der Waals surface area contributed by atoms with Gasteiger partial charge in [0.15, 0.2) is 0 Å². The smallest absolute Gasteiger partial charge is 0.328 e. The van der Waals surface area contributed by atoms with Gasteiger partial charge >= 0.3 is 11.9 Å². The number of methoxy groups -OCH3 is 2. The fourth-order valence-corrected chi connectivity index (χ4v) is 1.82. The van der Waals surface area contributed by atoms with E-state index in [4.69, 9.17) is 19.9 Å². The molecule has 0 bridgehead atoms. The molecular formula is C8H19NO4Si. The van der Waals surface area contributed by atoms with Crippen molar-refractivity contribution >= 4 is 15.5 Å². The lowest BCUT2D eigenvalue weighted by atomic mass is 10.4. The molecule has 0 fully saturated rings. The molecule has 0 amide bonds. The van der Waals surface area contributed by atoms with Gasteiger partial charge in [0.1, 0.15) is 0 Å². The highest BCUT2D eigenvalue weighted by molar-refractivity contribution is 6.33. The van der Waals surface area contributed by atoms with Crippen molar-refractivity contribution in [3.63, 3.8) is 0 Å². The molecule has 5 nitrogen and oxygen atoms in total. The first-order valence-corrected chi connectivity index (χ1v) is 7.07. The second-order valence-electron chi connectivity index (χ2n) is 2.87. The third kappa shape index (κ3) is 4.19. The van der Waals surface area contributed by atoms with Crippen LogP contribution in [0.4, 0.5) is 0 Å². The Kier molecular flexibility index (Phi) is 6.72. The Hall–Kier alpha value is -0.433. The van der Waals surface area contributed by atoms with Gasteiger partial charge in [0.2, 0.25) is 0 Å². The summed E-state index contributed by atoms with van der Waals surface area (Å²) < 4.78 is 15.1. The van der Waals surface area contributed by atoms with Crippen LogP contribution >= 0.6 is 0 Å².